The van der Waals surface area contributed by atoms with E-state index in [4.69, 9.17) is 4.74 Å². The van der Waals surface area contributed by atoms with Crippen molar-refractivity contribution in [3.8, 4) is 5.75 Å². The average Bonchev–Trinajstić information content (AvgIpc) is 2.52. The van der Waals surface area contributed by atoms with Gasteiger partial charge in [-0.15, -0.1) is 0 Å². The van der Waals surface area contributed by atoms with Gasteiger partial charge in [0.1, 0.15) is 0 Å². The third-order valence-electron chi connectivity index (χ3n) is 4.10. The summed E-state index contributed by atoms with van der Waals surface area (Å²) in [5, 5.41) is 2.81. The zero-order valence-electron chi connectivity index (χ0n) is 13.5. The normalized spacial score (nSPS) is 16.3. The predicted octanol–water partition coefficient (Wildman–Crippen LogP) is 3.21. The number of rotatable bonds is 7. The van der Waals surface area contributed by atoms with Crippen LogP contribution >= 0.6 is 15.9 Å². The maximum Gasteiger partial charge on any atom is 0.257 e. The summed E-state index contributed by atoms with van der Waals surface area (Å²) in [7, 11) is 0. The van der Waals surface area contributed by atoms with Gasteiger partial charge in [-0.2, -0.15) is 0 Å². The minimum atomic E-state index is -0.480. The van der Waals surface area contributed by atoms with Crippen LogP contribution in [0.1, 0.15) is 26.2 Å². The number of ether oxygens (including phenoxy) is 1. The van der Waals surface area contributed by atoms with Crippen molar-refractivity contribution < 1.29 is 13.9 Å². The second kappa shape index (κ2) is 9.23. The Morgan fingerprint density at radius 1 is 1.43 bits per heavy atom. The van der Waals surface area contributed by atoms with Gasteiger partial charge in [0, 0.05) is 11.0 Å². The lowest BCUT2D eigenvalue weighted by Crippen LogP contribution is -2.36. The van der Waals surface area contributed by atoms with Crippen LogP contribution in [0, 0.1) is 11.7 Å². The minimum Gasteiger partial charge on any atom is -0.481 e. The van der Waals surface area contributed by atoms with Crippen LogP contribution in [-0.4, -0.2) is 43.6 Å². The Balaban J connectivity index is 1.58. The van der Waals surface area contributed by atoms with Crippen molar-refractivity contribution in [3.05, 3.63) is 28.5 Å². The smallest absolute Gasteiger partial charge is 0.257 e. The number of carbonyl (C=O) groups is 1. The van der Waals surface area contributed by atoms with Crippen LogP contribution in [0.2, 0.25) is 0 Å². The molecule has 0 radical (unpaired) electrons. The van der Waals surface area contributed by atoms with Crippen LogP contribution in [-0.2, 0) is 4.79 Å². The highest BCUT2D eigenvalue weighted by molar-refractivity contribution is 9.10. The van der Waals surface area contributed by atoms with E-state index in [1.807, 2.05) is 0 Å². The zero-order valence-corrected chi connectivity index (χ0v) is 15.1. The predicted molar refractivity (Wildman–Crippen MR) is 92.1 cm³/mol. The Hall–Kier alpha value is -1.14. The first kappa shape index (κ1) is 18.2. The van der Waals surface area contributed by atoms with Gasteiger partial charge in [0.2, 0.25) is 0 Å². The van der Waals surface area contributed by atoms with Crippen molar-refractivity contribution in [2.24, 2.45) is 5.92 Å². The molecule has 4 nitrogen and oxygen atoms in total. The second-order valence-electron chi connectivity index (χ2n) is 6.09. The quantitative estimate of drug-likeness (QED) is 0.731. The number of amides is 1. The molecule has 1 saturated heterocycles. The van der Waals surface area contributed by atoms with E-state index < -0.39 is 5.82 Å². The standard InChI is InChI=1S/C17H24BrFN2O2/c1-13-5-9-21(10-6-13)8-2-7-20-17(22)12-23-16-4-3-14(18)11-15(16)19/h3-4,11,13H,2,5-10,12H2,1H3,(H,20,22). The average molecular weight is 387 g/mol. The fourth-order valence-electron chi connectivity index (χ4n) is 2.60. The topological polar surface area (TPSA) is 41.6 Å². The molecule has 2 rings (SSSR count). The van der Waals surface area contributed by atoms with Crippen LogP contribution in [0.15, 0.2) is 22.7 Å². The molecule has 128 valence electrons. The van der Waals surface area contributed by atoms with Gasteiger partial charge in [-0.1, -0.05) is 22.9 Å². The lowest BCUT2D eigenvalue weighted by Gasteiger charge is -2.30. The minimum absolute atomic E-state index is 0.0887. The van der Waals surface area contributed by atoms with Crippen molar-refractivity contribution >= 4 is 21.8 Å². The molecule has 0 aromatic heterocycles. The summed E-state index contributed by atoms with van der Waals surface area (Å²) in [5.74, 6) is 0.221. The van der Waals surface area contributed by atoms with Crippen LogP contribution in [0.3, 0.4) is 0 Å². The number of halogens is 2. The number of nitrogens with zero attached hydrogens (tertiary/aromatic N) is 1. The number of hydrogen-bond acceptors (Lipinski definition) is 3. The summed E-state index contributed by atoms with van der Waals surface area (Å²) in [6.45, 7) is 6.07. The summed E-state index contributed by atoms with van der Waals surface area (Å²) < 4.78 is 19.4. The van der Waals surface area contributed by atoms with Crippen LogP contribution < -0.4 is 10.1 Å². The molecule has 0 aliphatic carbocycles. The van der Waals surface area contributed by atoms with Gasteiger partial charge < -0.3 is 15.0 Å². The third-order valence-corrected chi connectivity index (χ3v) is 4.60. The Labute approximate surface area is 145 Å². The lowest BCUT2D eigenvalue weighted by molar-refractivity contribution is -0.123. The van der Waals surface area contributed by atoms with Crippen molar-refractivity contribution in [1.29, 1.82) is 0 Å². The van der Waals surface area contributed by atoms with E-state index >= 15 is 0 Å². The summed E-state index contributed by atoms with van der Waals surface area (Å²) in [4.78, 5) is 14.2. The van der Waals surface area contributed by atoms with Gasteiger partial charge in [0.05, 0.1) is 0 Å². The van der Waals surface area contributed by atoms with Crippen LogP contribution in [0.25, 0.3) is 0 Å². The van der Waals surface area contributed by atoms with Gasteiger partial charge in [-0.05, 0) is 63.0 Å². The number of benzene rings is 1. The Morgan fingerprint density at radius 2 is 2.17 bits per heavy atom. The number of carbonyl (C=O) groups excluding carboxylic acids is 1. The molecule has 1 amide bonds. The molecule has 1 aliphatic rings. The van der Waals surface area contributed by atoms with Crippen molar-refractivity contribution in [3.63, 3.8) is 0 Å². The number of hydrogen-bond donors (Lipinski definition) is 1. The van der Waals surface area contributed by atoms with Crippen molar-refractivity contribution in [1.82, 2.24) is 10.2 Å². The molecule has 1 aliphatic heterocycles. The first-order valence-electron chi connectivity index (χ1n) is 8.11. The van der Waals surface area contributed by atoms with E-state index in [2.05, 4.69) is 33.1 Å². The molecule has 1 aromatic rings. The van der Waals surface area contributed by atoms with E-state index in [0.29, 0.717) is 11.0 Å². The molecule has 0 spiro atoms. The lowest BCUT2D eigenvalue weighted by atomic mass is 9.99. The molecule has 0 saturated carbocycles. The maximum atomic E-state index is 13.5. The third kappa shape index (κ3) is 6.47. The fourth-order valence-corrected chi connectivity index (χ4v) is 2.94. The molecule has 0 atom stereocenters. The first-order chi connectivity index (χ1) is 11.0. The van der Waals surface area contributed by atoms with E-state index in [9.17, 15) is 9.18 Å². The van der Waals surface area contributed by atoms with E-state index in [1.54, 1.807) is 6.07 Å². The Kier molecular flexibility index (Phi) is 7.30. The zero-order chi connectivity index (χ0) is 16.7. The second-order valence-corrected chi connectivity index (χ2v) is 7.01. The van der Waals surface area contributed by atoms with Crippen LogP contribution in [0.5, 0.6) is 5.75 Å². The van der Waals surface area contributed by atoms with Gasteiger partial charge in [-0.3, -0.25) is 4.79 Å². The molecule has 6 heteroatoms. The summed E-state index contributed by atoms with van der Waals surface area (Å²) in [6.07, 6.45) is 3.45. The maximum absolute atomic E-state index is 13.5. The Morgan fingerprint density at radius 3 is 2.87 bits per heavy atom. The van der Waals surface area contributed by atoms with E-state index in [0.717, 1.165) is 32.0 Å². The van der Waals surface area contributed by atoms with Crippen molar-refractivity contribution in [2.75, 3.05) is 32.8 Å². The fraction of sp³-hybridized carbons (Fsp3) is 0.588. The summed E-state index contributed by atoms with van der Waals surface area (Å²) in [5.41, 5.74) is 0. The summed E-state index contributed by atoms with van der Waals surface area (Å²) >= 11 is 3.18. The molecule has 1 heterocycles. The largest absolute Gasteiger partial charge is 0.481 e. The molecule has 1 fully saturated rings. The SMILES string of the molecule is CC1CCN(CCCNC(=O)COc2ccc(Br)cc2F)CC1. The molecule has 1 N–H and O–H groups in total. The molecule has 1 aromatic carbocycles. The molecule has 0 unspecified atom stereocenters. The molecular formula is C17H24BrFN2O2. The highest BCUT2D eigenvalue weighted by Crippen LogP contribution is 2.21. The highest BCUT2D eigenvalue weighted by Gasteiger charge is 2.15. The molecule has 23 heavy (non-hydrogen) atoms. The number of piperidine rings is 1. The van der Waals surface area contributed by atoms with Gasteiger partial charge in [0.25, 0.3) is 5.91 Å². The van der Waals surface area contributed by atoms with Gasteiger partial charge in [0.15, 0.2) is 18.2 Å². The highest BCUT2D eigenvalue weighted by atomic mass is 79.9. The summed E-state index contributed by atoms with van der Waals surface area (Å²) in [6, 6.07) is 4.49. The van der Waals surface area contributed by atoms with E-state index in [-0.39, 0.29) is 18.3 Å². The van der Waals surface area contributed by atoms with Gasteiger partial charge >= 0.3 is 0 Å². The van der Waals surface area contributed by atoms with E-state index in [1.165, 1.54) is 25.0 Å². The van der Waals surface area contributed by atoms with Crippen LogP contribution in [0.4, 0.5) is 4.39 Å². The van der Waals surface area contributed by atoms with Crippen molar-refractivity contribution in [2.45, 2.75) is 26.2 Å². The number of likely N-dealkylation sites (tertiary alicyclic amines) is 1. The Bertz CT molecular complexity index is 519. The molecule has 0 bridgehead atoms. The van der Waals surface area contributed by atoms with Gasteiger partial charge in [-0.25, -0.2) is 4.39 Å². The number of nitrogens with one attached hydrogen (secondary N) is 1. The molecular weight excluding hydrogens is 363 g/mol. The first-order valence-corrected chi connectivity index (χ1v) is 8.91. The monoisotopic (exact) mass is 386 g/mol.